The first-order valence-corrected chi connectivity index (χ1v) is 4.75. The SMILES string of the molecule is O=C1CC2N=c3ccccc3=CN2C1. The van der Waals surface area contributed by atoms with Gasteiger partial charge in [-0.15, -0.1) is 0 Å². The zero-order valence-corrected chi connectivity index (χ0v) is 7.68. The van der Waals surface area contributed by atoms with Crippen molar-refractivity contribution in [2.24, 2.45) is 4.99 Å². The molecule has 0 bridgehead atoms. The fourth-order valence-electron chi connectivity index (χ4n) is 2.00. The monoisotopic (exact) mass is 186 g/mol. The van der Waals surface area contributed by atoms with Gasteiger partial charge in [0.2, 0.25) is 0 Å². The molecule has 1 atom stereocenters. The summed E-state index contributed by atoms with van der Waals surface area (Å²) in [5.41, 5.74) is 0. The van der Waals surface area contributed by atoms with Crippen LogP contribution in [0.4, 0.5) is 0 Å². The summed E-state index contributed by atoms with van der Waals surface area (Å²) < 4.78 is 0. The van der Waals surface area contributed by atoms with E-state index in [1.807, 2.05) is 35.4 Å². The van der Waals surface area contributed by atoms with Crippen LogP contribution in [0.5, 0.6) is 0 Å². The minimum Gasteiger partial charge on any atom is -0.348 e. The molecule has 3 nitrogen and oxygen atoms in total. The van der Waals surface area contributed by atoms with Gasteiger partial charge in [0.1, 0.15) is 6.17 Å². The third-order valence-corrected chi connectivity index (χ3v) is 2.68. The van der Waals surface area contributed by atoms with Crippen molar-refractivity contribution >= 4 is 12.0 Å². The van der Waals surface area contributed by atoms with Gasteiger partial charge in [-0.3, -0.25) is 9.79 Å². The Balaban J connectivity index is 2.20. The van der Waals surface area contributed by atoms with Crippen LogP contribution in [0.25, 0.3) is 6.20 Å². The van der Waals surface area contributed by atoms with Crippen molar-refractivity contribution in [1.82, 2.24) is 4.90 Å². The van der Waals surface area contributed by atoms with E-state index in [1.54, 1.807) is 0 Å². The molecule has 0 spiro atoms. The largest absolute Gasteiger partial charge is 0.348 e. The van der Waals surface area contributed by atoms with Crippen molar-refractivity contribution in [1.29, 1.82) is 0 Å². The predicted octanol–water partition coefficient (Wildman–Crippen LogP) is -0.341. The standard InChI is InChI=1S/C11H10N2O/c14-9-5-11-12-10-4-2-1-3-8(10)6-13(11)7-9/h1-4,6,11H,5,7H2. The molecule has 2 heterocycles. The molecule has 1 unspecified atom stereocenters. The number of carbonyl (C=O) groups excluding carboxylic acids is 1. The fraction of sp³-hybridized carbons (Fsp3) is 0.273. The van der Waals surface area contributed by atoms with E-state index in [1.165, 1.54) is 0 Å². The van der Waals surface area contributed by atoms with Crippen LogP contribution in [-0.2, 0) is 4.79 Å². The van der Waals surface area contributed by atoms with Crippen LogP contribution in [0.15, 0.2) is 29.3 Å². The number of fused-ring (bicyclic) bond motifs is 2. The molecule has 14 heavy (non-hydrogen) atoms. The van der Waals surface area contributed by atoms with Crippen LogP contribution in [-0.4, -0.2) is 23.4 Å². The van der Waals surface area contributed by atoms with E-state index in [9.17, 15) is 4.79 Å². The van der Waals surface area contributed by atoms with Crippen LogP contribution in [0, 0.1) is 0 Å². The Kier molecular flexibility index (Phi) is 1.48. The van der Waals surface area contributed by atoms with Gasteiger partial charge in [0.25, 0.3) is 0 Å². The Bertz CT molecular complexity index is 461. The molecule has 0 aromatic heterocycles. The molecular formula is C11H10N2O. The number of benzene rings is 1. The number of nitrogens with zero attached hydrogens (tertiary/aromatic N) is 2. The van der Waals surface area contributed by atoms with Crippen LogP contribution in [0.1, 0.15) is 6.42 Å². The lowest BCUT2D eigenvalue weighted by molar-refractivity contribution is -0.116. The summed E-state index contributed by atoms with van der Waals surface area (Å²) in [6, 6.07) is 7.98. The van der Waals surface area contributed by atoms with E-state index in [4.69, 9.17) is 0 Å². The Hall–Kier alpha value is -1.64. The van der Waals surface area contributed by atoms with Gasteiger partial charge in [-0.2, -0.15) is 0 Å². The van der Waals surface area contributed by atoms with Gasteiger partial charge in [-0.1, -0.05) is 18.2 Å². The number of para-hydroxylation sites is 1. The zero-order valence-electron chi connectivity index (χ0n) is 7.68. The van der Waals surface area contributed by atoms with Crippen molar-refractivity contribution in [2.45, 2.75) is 12.6 Å². The summed E-state index contributed by atoms with van der Waals surface area (Å²) in [4.78, 5) is 17.8. The van der Waals surface area contributed by atoms with Crippen molar-refractivity contribution < 1.29 is 4.79 Å². The van der Waals surface area contributed by atoms with Crippen molar-refractivity contribution in [3.63, 3.8) is 0 Å². The molecule has 3 rings (SSSR count). The van der Waals surface area contributed by atoms with E-state index < -0.39 is 0 Å². The lowest BCUT2D eigenvalue weighted by atomic mass is 10.2. The second kappa shape index (κ2) is 2.67. The number of ketones is 1. The summed E-state index contributed by atoms with van der Waals surface area (Å²) in [6.45, 7) is 0.516. The van der Waals surface area contributed by atoms with Crippen LogP contribution < -0.4 is 10.6 Å². The predicted molar refractivity (Wildman–Crippen MR) is 51.8 cm³/mol. The summed E-state index contributed by atoms with van der Waals surface area (Å²) in [5, 5.41) is 2.11. The Morgan fingerprint density at radius 2 is 2.21 bits per heavy atom. The van der Waals surface area contributed by atoms with Crippen molar-refractivity contribution in [3.05, 3.63) is 34.8 Å². The molecule has 1 saturated heterocycles. The molecule has 0 aliphatic carbocycles. The molecule has 1 aromatic carbocycles. The van der Waals surface area contributed by atoms with Crippen LogP contribution in [0.3, 0.4) is 0 Å². The molecule has 2 aliphatic rings. The number of hydrogen-bond donors (Lipinski definition) is 0. The van der Waals surface area contributed by atoms with Gasteiger partial charge in [0, 0.05) is 17.8 Å². The molecule has 0 amide bonds. The molecule has 0 radical (unpaired) electrons. The summed E-state index contributed by atoms with van der Waals surface area (Å²) in [5.74, 6) is 0.280. The average Bonchev–Trinajstić information content (AvgIpc) is 2.53. The highest BCUT2D eigenvalue weighted by atomic mass is 16.1. The minimum atomic E-state index is 0.0531. The van der Waals surface area contributed by atoms with Gasteiger partial charge >= 0.3 is 0 Å². The van der Waals surface area contributed by atoms with Crippen LogP contribution in [0.2, 0.25) is 0 Å². The average molecular weight is 186 g/mol. The van der Waals surface area contributed by atoms with Gasteiger partial charge in [-0.05, 0) is 6.07 Å². The molecule has 0 saturated carbocycles. The smallest absolute Gasteiger partial charge is 0.156 e. The third kappa shape index (κ3) is 1.05. The molecular weight excluding hydrogens is 176 g/mol. The third-order valence-electron chi connectivity index (χ3n) is 2.68. The second-order valence-electron chi connectivity index (χ2n) is 3.71. The first-order chi connectivity index (χ1) is 6.83. The highest BCUT2D eigenvalue weighted by Gasteiger charge is 2.28. The lowest BCUT2D eigenvalue weighted by Crippen LogP contribution is -2.38. The maximum Gasteiger partial charge on any atom is 0.156 e. The Labute approximate surface area is 81.4 Å². The molecule has 0 N–H and O–H groups in total. The van der Waals surface area contributed by atoms with Gasteiger partial charge in [-0.25, -0.2) is 0 Å². The highest BCUT2D eigenvalue weighted by Crippen LogP contribution is 2.16. The number of rotatable bonds is 0. The zero-order chi connectivity index (χ0) is 9.54. The fourth-order valence-corrected chi connectivity index (χ4v) is 2.00. The first kappa shape index (κ1) is 7.74. The molecule has 3 heteroatoms. The molecule has 70 valence electrons. The maximum atomic E-state index is 11.2. The van der Waals surface area contributed by atoms with Gasteiger partial charge in [0.15, 0.2) is 5.78 Å². The molecule has 2 aliphatic heterocycles. The quantitative estimate of drug-likeness (QED) is 0.555. The van der Waals surface area contributed by atoms with E-state index in [-0.39, 0.29) is 11.9 Å². The number of hydrogen-bond acceptors (Lipinski definition) is 3. The number of Topliss-reactive ketones (excluding diaryl/α,β-unsaturated/α-hetero) is 1. The summed E-state index contributed by atoms with van der Waals surface area (Å²) in [7, 11) is 0. The molecule has 1 fully saturated rings. The van der Waals surface area contributed by atoms with Crippen molar-refractivity contribution in [2.75, 3.05) is 6.54 Å². The maximum absolute atomic E-state index is 11.2. The Morgan fingerprint density at radius 3 is 3.14 bits per heavy atom. The van der Waals surface area contributed by atoms with Crippen LogP contribution >= 0.6 is 0 Å². The van der Waals surface area contributed by atoms with E-state index >= 15 is 0 Å². The summed E-state index contributed by atoms with van der Waals surface area (Å²) in [6.07, 6.45) is 2.65. The Morgan fingerprint density at radius 1 is 1.36 bits per heavy atom. The minimum absolute atomic E-state index is 0.0531. The molecule has 1 aromatic rings. The van der Waals surface area contributed by atoms with E-state index in [2.05, 4.69) is 4.99 Å². The summed E-state index contributed by atoms with van der Waals surface area (Å²) >= 11 is 0. The van der Waals surface area contributed by atoms with Gasteiger partial charge in [0.05, 0.1) is 11.9 Å². The first-order valence-electron chi connectivity index (χ1n) is 4.75. The van der Waals surface area contributed by atoms with E-state index in [0.717, 1.165) is 10.6 Å². The number of carbonyl (C=O) groups is 1. The normalized spacial score (nSPS) is 23.6. The highest BCUT2D eigenvalue weighted by molar-refractivity contribution is 5.84. The lowest BCUT2D eigenvalue weighted by Gasteiger charge is -2.20. The van der Waals surface area contributed by atoms with E-state index in [0.29, 0.717) is 13.0 Å². The topological polar surface area (TPSA) is 32.7 Å². The van der Waals surface area contributed by atoms with Gasteiger partial charge < -0.3 is 4.90 Å². The second-order valence-corrected chi connectivity index (χ2v) is 3.71. The van der Waals surface area contributed by atoms with Crippen molar-refractivity contribution in [3.8, 4) is 0 Å².